The monoisotopic (exact) mass is 304 g/mol. The third-order valence-corrected chi connectivity index (χ3v) is 3.47. The van der Waals surface area contributed by atoms with Gasteiger partial charge in [0.15, 0.2) is 0 Å². The highest BCUT2D eigenvalue weighted by molar-refractivity contribution is 5.63. The number of anilines is 1. The van der Waals surface area contributed by atoms with Gasteiger partial charge < -0.3 is 9.64 Å². The minimum atomic E-state index is -0.827. The van der Waals surface area contributed by atoms with Gasteiger partial charge in [-0.1, -0.05) is 24.3 Å². The second-order valence-electron chi connectivity index (χ2n) is 4.85. The number of ether oxygens (including phenoxy) is 1. The molecule has 2 aromatic rings. The zero-order valence-corrected chi connectivity index (χ0v) is 12.5. The largest absolute Gasteiger partial charge is 0.496 e. The number of methoxy groups -OCH3 is 1. The Morgan fingerprint density at radius 3 is 2.64 bits per heavy atom. The van der Waals surface area contributed by atoms with Crippen molar-refractivity contribution in [3.63, 3.8) is 0 Å². The summed E-state index contributed by atoms with van der Waals surface area (Å²) in [6.07, 6.45) is 0.633. The fourth-order valence-corrected chi connectivity index (χ4v) is 2.31. The van der Waals surface area contributed by atoms with Gasteiger partial charge in [-0.05, 0) is 30.2 Å². The van der Waals surface area contributed by atoms with Crippen LogP contribution in [0.1, 0.15) is 5.56 Å². The number of nitrogens with zero attached hydrogens (tertiary/aromatic N) is 2. The molecule has 0 radical (unpaired) electrons. The maximum atomic E-state index is 13.7. The van der Waals surface area contributed by atoms with E-state index in [0.717, 1.165) is 17.4 Å². The predicted molar refractivity (Wildman–Crippen MR) is 83.0 cm³/mol. The van der Waals surface area contributed by atoms with Gasteiger partial charge >= 0.3 is 5.69 Å². The van der Waals surface area contributed by atoms with Gasteiger partial charge in [0.25, 0.3) is 0 Å². The van der Waals surface area contributed by atoms with Crippen LogP contribution in [-0.4, -0.2) is 25.6 Å². The average Bonchev–Trinajstić information content (AvgIpc) is 2.52. The third kappa shape index (κ3) is 3.33. The van der Waals surface area contributed by atoms with Crippen LogP contribution in [0.25, 0.3) is 0 Å². The molecule has 0 aliphatic heterocycles. The Bertz CT molecular complexity index is 676. The highest BCUT2D eigenvalue weighted by Gasteiger charge is 2.22. The second kappa shape index (κ2) is 6.89. The van der Waals surface area contributed by atoms with Crippen molar-refractivity contribution >= 4 is 11.4 Å². The van der Waals surface area contributed by atoms with Gasteiger partial charge in [0.05, 0.1) is 12.0 Å². The molecule has 5 nitrogen and oxygen atoms in total. The maximum absolute atomic E-state index is 13.7. The highest BCUT2D eigenvalue weighted by Crippen LogP contribution is 2.30. The molecule has 0 unspecified atom stereocenters. The number of likely N-dealkylation sites (N-methyl/N-ethyl adjacent to an activating group) is 1. The van der Waals surface area contributed by atoms with E-state index in [-0.39, 0.29) is 5.69 Å². The molecule has 2 rings (SSSR count). The van der Waals surface area contributed by atoms with Crippen molar-refractivity contribution in [1.29, 1.82) is 0 Å². The summed E-state index contributed by atoms with van der Waals surface area (Å²) in [5.41, 5.74) is 0.765. The van der Waals surface area contributed by atoms with Gasteiger partial charge in [-0.2, -0.15) is 4.39 Å². The molecule has 0 fully saturated rings. The Hall–Kier alpha value is -2.63. The second-order valence-corrected chi connectivity index (χ2v) is 4.85. The lowest BCUT2D eigenvalue weighted by Crippen LogP contribution is -2.21. The molecular weight excluding hydrogens is 287 g/mol. The topological polar surface area (TPSA) is 55.6 Å². The van der Waals surface area contributed by atoms with Crippen molar-refractivity contribution in [2.24, 2.45) is 0 Å². The lowest BCUT2D eigenvalue weighted by atomic mass is 10.1. The van der Waals surface area contributed by atoms with Crippen LogP contribution in [0.3, 0.4) is 0 Å². The van der Waals surface area contributed by atoms with E-state index in [2.05, 4.69) is 0 Å². The van der Waals surface area contributed by atoms with Gasteiger partial charge in [0, 0.05) is 13.6 Å². The number of halogens is 1. The van der Waals surface area contributed by atoms with Gasteiger partial charge in [0.1, 0.15) is 11.4 Å². The Morgan fingerprint density at radius 2 is 1.95 bits per heavy atom. The number of benzene rings is 2. The van der Waals surface area contributed by atoms with Crippen molar-refractivity contribution < 1.29 is 14.1 Å². The normalized spacial score (nSPS) is 10.3. The molecule has 0 aliphatic carbocycles. The van der Waals surface area contributed by atoms with Crippen molar-refractivity contribution in [2.75, 3.05) is 25.6 Å². The van der Waals surface area contributed by atoms with E-state index in [9.17, 15) is 14.5 Å². The molecule has 0 bridgehead atoms. The fourth-order valence-electron chi connectivity index (χ4n) is 2.31. The third-order valence-electron chi connectivity index (χ3n) is 3.47. The first-order valence-electron chi connectivity index (χ1n) is 6.80. The molecule has 0 spiro atoms. The summed E-state index contributed by atoms with van der Waals surface area (Å²) < 4.78 is 18.9. The van der Waals surface area contributed by atoms with E-state index in [4.69, 9.17) is 4.74 Å². The first-order valence-corrected chi connectivity index (χ1v) is 6.80. The molecule has 0 N–H and O–H groups in total. The van der Waals surface area contributed by atoms with E-state index < -0.39 is 16.4 Å². The van der Waals surface area contributed by atoms with Crippen LogP contribution in [0.2, 0.25) is 0 Å². The molecule has 0 atom stereocenters. The van der Waals surface area contributed by atoms with Crippen LogP contribution >= 0.6 is 0 Å². The standard InChI is InChI=1S/C16H17FN2O3/c1-18(11-10-12-6-3-4-9-15(12)22-2)14-8-5-7-13(17)16(14)19(20)21/h3-9H,10-11H2,1-2H3. The zero-order valence-electron chi connectivity index (χ0n) is 12.5. The van der Waals surface area contributed by atoms with Gasteiger partial charge in [-0.3, -0.25) is 10.1 Å². The lowest BCUT2D eigenvalue weighted by molar-refractivity contribution is -0.386. The number of hydrogen-bond acceptors (Lipinski definition) is 4. The van der Waals surface area contributed by atoms with Crippen molar-refractivity contribution in [3.05, 3.63) is 64.0 Å². The van der Waals surface area contributed by atoms with E-state index in [1.54, 1.807) is 25.1 Å². The molecule has 0 saturated heterocycles. The first kappa shape index (κ1) is 15.8. The van der Waals surface area contributed by atoms with Gasteiger partial charge in [-0.15, -0.1) is 0 Å². The summed E-state index contributed by atoms with van der Waals surface area (Å²) in [4.78, 5) is 12.0. The number of hydrogen-bond donors (Lipinski definition) is 0. The molecule has 0 aromatic heterocycles. The lowest BCUT2D eigenvalue weighted by Gasteiger charge is -2.20. The molecular formula is C16H17FN2O3. The summed E-state index contributed by atoms with van der Waals surface area (Å²) in [6.45, 7) is 0.505. The minimum absolute atomic E-state index is 0.264. The summed E-state index contributed by atoms with van der Waals surface area (Å²) >= 11 is 0. The van der Waals surface area contributed by atoms with Crippen LogP contribution in [0, 0.1) is 15.9 Å². The van der Waals surface area contributed by atoms with E-state index >= 15 is 0 Å². The van der Waals surface area contributed by atoms with Gasteiger partial charge in [-0.25, -0.2) is 0 Å². The Labute approximate surface area is 128 Å². The Balaban J connectivity index is 2.18. The number of rotatable bonds is 6. The maximum Gasteiger partial charge on any atom is 0.327 e. The first-order chi connectivity index (χ1) is 10.5. The average molecular weight is 304 g/mol. The van der Waals surface area contributed by atoms with Crippen LogP contribution < -0.4 is 9.64 Å². The summed E-state index contributed by atoms with van der Waals surface area (Å²) in [5, 5.41) is 11.0. The zero-order chi connectivity index (χ0) is 16.1. The number of nitro groups is 1. The van der Waals surface area contributed by atoms with E-state index in [0.29, 0.717) is 13.0 Å². The molecule has 2 aromatic carbocycles. The van der Waals surface area contributed by atoms with Crippen LogP contribution in [-0.2, 0) is 6.42 Å². The summed E-state index contributed by atoms with van der Waals surface area (Å²) in [5.74, 6) is -0.0590. The Kier molecular flexibility index (Phi) is 4.93. The highest BCUT2D eigenvalue weighted by atomic mass is 19.1. The predicted octanol–water partition coefficient (Wildman–Crippen LogP) is 3.42. The van der Waals surface area contributed by atoms with Crippen LogP contribution in [0.15, 0.2) is 42.5 Å². The summed E-state index contributed by atoms with van der Waals surface area (Å²) in [7, 11) is 3.30. The van der Waals surface area contributed by atoms with Crippen molar-refractivity contribution in [3.8, 4) is 5.75 Å². The van der Waals surface area contributed by atoms with E-state index in [1.165, 1.54) is 6.07 Å². The minimum Gasteiger partial charge on any atom is -0.496 e. The number of nitro benzene ring substituents is 1. The molecule has 0 aliphatic rings. The Morgan fingerprint density at radius 1 is 1.23 bits per heavy atom. The molecule has 0 heterocycles. The molecule has 116 valence electrons. The van der Waals surface area contributed by atoms with Crippen LogP contribution in [0.4, 0.5) is 15.8 Å². The van der Waals surface area contributed by atoms with Crippen molar-refractivity contribution in [1.82, 2.24) is 0 Å². The molecule has 0 amide bonds. The fraction of sp³-hybridized carbons (Fsp3) is 0.250. The summed E-state index contributed by atoms with van der Waals surface area (Å²) in [6, 6.07) is 11.7. The quantitative estimate of drug-likeness (QED) is 0.606. The molecule has 0 saturated carbocycles. The smallest absolute Gasteiger partial charge is 0.327 e. The SMILES string of the molecule is COc1ccccc1CCN(C)c1cccc(F)c1[N+](=O)[O-]. The van der Waals surface area contributed by atoms with Gasteiger partial charge in [0.2, 0.25) is 5.82 Å². The molecule has 22 heavy (non-hydrogen) atoms. The number of para-hydroxylation sites is 2. The van der Waals surface area contributed by atoms with Crippen molar-refractivity contribution in [2.45, 2.75) is 6.42 Å². The van der Waals surface area contributed by atoms with E-state index in [1.807, 2.05) is 24.3 Å². The molecule has 6 heteroatoms. The van der Waals surface area contributed by atoms with Crippen LogP contribution in [0.5, 0.6) is 5.75 Å².